The average molecular weight is 280 g/mol. The molecule has 2 rings (SSSR count). The van der Waals surface area contributed by atoms with E-state index < -0.39 is 5.97 Å². The van der Waals surface area contributed by atoms with Crippen LogP contribution in [-0.2, 0) is 11.2 Å². The van der Waals surface area contributed by atoms with E-state index in [1.807, 2.05) is 19.2 Å². The molecular formula is C12H16N4O2S. The molecule has 2 aromatic rings. The summed E-state index contributed by atoms with van der Waals surface area (Å²) in [6.45, 7) is 5.90. The summed E-state index contributed by atoms with van der Waals surface area (Å²) in [6, 6.07) is 0. The number of ether oxygens (including phenoxy) is 1. The summed E-state index contributed by atoms with van der Waals surface area (Å²) in [4.78, 5) is 20.4. The molecule has 2 aromatic heterocycles. The topological polar surface area (TPSA) is 83.0 Å². The number of thiazole rings is 1. The van der Waals surface area contributed by atoms with Gasteiger partial charge in [-0.15, -0.1) is 11.3 Å². The third-order valence-corrected chi connectivity index (χ3v) is 3.51. The predicted octanol–water partition coefficient (Wildman–Crippen LogP) is 1.96. The van der Waals surface area contributed by atoms with Crippen LogP contribution in [0.25, 0.3) is 5.13 Å². The lowest BCUT2D eigenvalue weighted by Crippen LogP contribution is -2.09. The molecule has 0 saturated carbocycles. The number of hydrogen-bond acceptors (Lipinski definition) is 6. The smallest absolute Gasteiger partial charge is 0.360 e. The first-order valence-corrected chi connectivity index (χ1v) is 6.93. The monoisotopic (exact) mass is 280 g/mol. The van der Waals surface area contributed by atoms with E-state index in [1.54, 1.807) is 11.5 Å². The van der Waals surface area contributed by atoms with Crippen LogP contribution in [0.2, 0.25) is 0 Å². The lowest BCUT2D eigenvalue weighted by molar-refractivity contribution is 0.0521. The number of nitrogen functional groups attached to an aromatic ring is 1. The molecule has 0 atom stereocenters. The average Bonchev–Trinajstić information content (AvgIpc) is 2.93. The van der Waals surface area contributed by atoms with Gasteiger partial charge in [0.25, 0.3) is 0 Å². The van der Waals surface area contributed by atoms with Gasteiger partial charge in [0.2, 0.25) is 0 Å². The van der Waals surface area contributed by atoms with Crippen molar-refractivity contribution in [1.82, 2.24) is 14.5 Å². The Morgan fingerprint density at radius 2 is 2.21 bits per heavy atom. The normalized spacial score (nSPS) is 10.7. The van der Waals surface area contributed by atoms with Gasteiger partial charge in [-0.1, -0.05) is 6.92 Å². The Bertz CT molecular complexity index is 603. The molecule has 0 unspecified atom stereocenters. The van der Waals surface area contributed by atoms with Gasteiger partial charge in [0.15, 0.2) is 10.8 Å². The molecule has 0 aliphatic heterocycles. The summed E-state index contributed by atoms with van der Waals surface area (Å²) in [6.07, 6.45) is 0.655. The number of aryl methyl sites for hydroxylation is 2. The van der Waals surface area contributed by atoms with Crippen LogP contribution in [0.15, 0.2) is 5.38 Å². The van der Waals surface area contributed by atoms with Crippen molar-refractivity contribution in [2.45, 2.75) is 27.2 Å². The maximum absolute atomic E-state index is 11.8. The fraction of sp³-hybridized carbons (Fsp3) is 0.417. The molecule has 102 valence electrons. The number of hydrogen-bond donors (Lipinski definition) is 1. The van der Waals surface area contributed by atoms with Crippen molar-refractivity contribution in [1.29, 1.82) is 0 Å². The highest BCUT2D eigenvalue weighted by molar-refractivity contribution is 7.12. The van der Waals surface area contributed by atoms with Crippen molar-refractivity contribution >= 4 is 23.1 Å². The van der Waals surface area contributed by atoms with Gasteiger partial charge in [0, 0.05) is 11.8 Å². The van der Waals surface area contributed by atoms with Crippen molar-refractivity contribution < 1.29 is 9.53 Å². The molecule has 6 nitrogen and oxygen atoms in total. The number of carbonyl (C=O) groups excluding carboxylic acids is 1. The minimum Gasteiger partial charge on any atom is -0.461 e. The Kier molecular flexibility index (Phi) is 3.84. The molecule has 0 fully saturated rings. The van der Waals surface area contributed by atoms with E-state index in [4.69, 9.17) is 10.5 Å². The van der Waals surface area contributed by atoms with Crippen LogP contribution < -0.4 is 5.73 Å². The molecule has 0 radical (unpaired) electrons. The molecule has 0 aliphatic rings. The molecule has 0 aromatic carbocycles. The van der Waals surface area contributed by atoms with E-state index in [9.17, 15) is 4.79 Å². The molecule has 2 heterocycles. The summed E-state index contributed by atoms with van der Waals surface area (Å²) in [5.74, 6) is 0.487. The minimum absolute atomic E-state index is 0.159. The van der Waals surface area contributed by atoms with Crippen LogP contribution in [0.4, 0.5) is 5.82 Å². The van der Waals surface area contributed by atoms with Gasteiger partial charge in [0.1, 0.15) is 11.6 Å². The van der Waals surface area contributed by atoms with E-state index in [-0.39, 0.29) is 11.5 Å². The molecule has 7 heteroatoms. The Labute approximate surface area is 115 Å². The van der Waals surface area contributed by atoms with Crippen molar-refractivity contribution in [2.24, 2.45) is 0 Å². The molecule has 19 heavy (non-hydrogen) atoms. The van der Waals surface area contributed by atoms with Crippen molar-refractivity contribution in [2.75, 3.05) is 12.3 Å². The number of esters is 1. The van der Waals surface area contributed by atoms with Crippen molar-refractivity contribution in [3.8, 4) is 5.13 Å². The molecule has 2 N–H and O–H groups in total. The van der Waals surface area contributed by atoms with Crippen molar-refractivity contribution in [3.63, 3.8) is 0 Å². The number of imidazole rings is 1. The highest BCUT2D eigenvalue weighted by Gasteiger charge is 2.22. The fourth-order valence-corrected chi connectivity index (χ4v) is 2.56. The van der Waals surface area contributed by atoms with E-state index in [2.05, 4.69) is 9.97 Å². The van der Waals surface area contributed by atoms with Gasteiger partial charge in [-0.25, -0.2) is 14.8 Å². The first kappa shape index (κ1) is 13.5. The van der Waals surface area contributed by atoms with E-state index in [1.165, 1.54) is 11.3 Å². The van der Waals surface area contributed by atoms with Gasteiger partial charge < -0.3 is 10.5 Å². The summed E-state index contributed by atoms with van der Waals surface area (Å²) >= 11 is 1.46. The Hall–Kier alpha value is -1.89. The van der Waals surface area contributed by atoms with E-state index >= 15 is 0 Å². The largest absolute Gasteiger partial charge is 0.461 e. The first-order valence-electron chi connectivity index (χ1n) is 6.05. The van der Waals surface area contributed by atoms with Gasteiger partial charge >= 0.3 is 5.97 Å². The second kappa shape index (κ2) is 5.40. The quantitative estimate of drug-likeness (QED) is 0.866. The van der Waals surface area contributed by atoms with Crippen LogP contribution in [0.3, 0.4) is 0 Å². The molecular weight excluding hydrogens is 264 g/mol. The third-order valence-electron chi connectivity index (χ3n) is 2.57. The number of carbonyl (C=O) groups is 1. The Morgan fingerprint density at radius 1 is 1.47 bits per heavy atom. The van der Waals surface area contributed by atoms with Crippen LogP contribution >= 0.6 is 11.3 Å². The Morgan fingerprint density at radius 3 is 2.74 bits per heavy atom. The first-order chi connectivity index (χ1) is 9.08. The van der Waals surface area contributed by atoms with Crippen LogP contribution in [-0.4, -0.2) is 27.1 Å². The number of anilines is 1. The minimum atomic E-state index is -0.498. The standard InChI is InChI=1S/C12H16N4O2S/c1-4-8-15-9(11(17)18-5-2)10(13)16(8)12-14-7(3)6-19-12/h6H,4-5,13H2,1-3H3. The lowest BCUT2D eigenvalue weighted by Gasteiger charge is -2.04. The van der Waals surface area contributed by atoms with Crippen LogP contribution in [0.1, 0.15) is 35.9 Å². The van der Waals surface area contributed by atoms with Gasteiger partial charge in [-0.3, -0.25) is 4.57 Å². The second-order valence-electron chi connectivity index (χ2n) is 3.94. The molecule has 0 bridgehead atoms. The highest BCUT2D eigenvalue weighted by Crippen LogP contribution is 2.24. The van der Waals surface area contributed by atoms with Crippen molar-refractivity contribution in [3.05, 3.63) is 22.6 Å². The van der Waals surface area contributed by atoms with Crippen LogP contribution in [0, 0.1) is 6.92 Å². The maximum atomic E-state index is 11.8. The summed E-state index contributed by atoms with van der Waals surface area (Å²) in [5.41, 5.74) is 7.09. The predicted molar refractivity (Wildman–Crippen MR) is 73.7 cm³/mol. The lowest BCUT2D eigenvalue weighted by atomic mass is 10.4. The number of aromatic nitrogens is 3. The highest BCUT2D eigenvalue weighted by atomic mass is 32.1. The zero-order valence-electron chi connectivity index (χ0n) is 11.1. The SMILES string of the molecule is CCOC(=O)c1nc(CC)n(-c2nc(C)cs2)c1N. The zero-order valence-corrected chi connectivity index (χ0v) is 12.0. The van der Waals surface area contributed by atoms with Gasteiger partial charge in [-0.05, 0) is 13.8 Å². The van der Waals surface area contributed by atoms with E-state index in [0.717, 1.165) is 10.8 Å². The molecule has 0 saturated heterocycles. The second-order valence-corrected chi connectivity index (χ2v) is 4.78. The van der Waals surface area contributed by atoms with Gasteiger partial charge in [-0.2, -0.15) is 0 Å². The summed E-state index contributed by atoms with van der Waals surface area (Å²) < 4.78 is 6.66. The maximum Gasteiger partial charge on any atom is 0.360 e. The van der Waals surface area contributed by atoms with Crippen LogP contribution in [0.5, 0.6) is 0 Å². The number of rotatable bonds is 4. The Balaban J connectivity index is 2.51. The third kappa shape index (κ3) is 2.46. The van der Waals surface area contributed by atoms with E-state index in [0.29, 0.717) is 18.9 Å². The zero-order chi connectivity index (χ0) is 14.0. The summed E-state index contributed by atoms with van der Waals surface area (Å²) in [5, 5.41) is 2.65. The molecule has 0 spiro atoms. The van der Waals surface area contributed by atoms with Gasteiger partial charge in [0.05, 0.1) is 12.3 Å². The number of nitrogens with two attached hydrogens (primary N) is 1. The molecule has 0 aliphatic carbocycles. The number of nitrogens with zero attached hydrogens (tertiary/aromatic N) is 3. The molecule has 0 amide bonds. The summed E-state index contributed by atoms with van der Waals surface area (Å²) in [7, 11) is 0. The fourth-order valence-electron chi connectivity index (χ4n) is 1.73.